The van der Waals surface area contributed by atoms with Gasteiger partial charge in [0.2, 0.25) is 0 Å². The molecule has 0 fully saturated rings. The van der Waals surface area contributed by atoms with Crippen LogP contribution < -0.4 is 5.56 Å². The summed E-state index contributed by atoms with van der Waals surface area (Å²) in [4.78, 5) is 20.8. The van der Waals surface area contributed by atoms with Gasteiger partial charge in [-0.05, 0) is 24.3 Å². The van der Waals surface area contributed by atoms with Crippen LogP contribution in [0.5, 0.6) is 0 Å². The van der Waals surface area contributed by atoms with Crippen molar-refractivity contribution in [1.82, 2.24) is 19.7 Å². The Morgan fingerprint density at radius 3 is 2.79 bits per heavy atom. The minimum Gasteiger partial charge on any atom is -0.334 e. The summed E-state index contributed by atoms with van der Waals surface area (Å²) in [6.07, 6.45) is 1.35. The number of hydrogen-bond acceptors (Lipinski definition) is 5. The normalized spacial score (nSPS) is 11.0. The minimum absolute atomic E-state index is 0.121. The van der Waals surface area contributed by atoms with Crippen LogP contribution in [0.1, 0.15) is 5.82 Å². The fourth-order valence-electron chi connectivity index (χ4n) is 2.41. The van der Waals surface area contributed by atoms with Crippen LogP contribution >= 0.6 is 0 Å². The van der Waals surface area contributed by atoms with E-state index in [0.29, 0.717) is 22.6 Å². The predicted molar refractivity (Wildman–Crippen MR) is 84.8 cm³/mol. The van der Waals surface area contributed by atoms with Gasteiger partial charge in [-0.2, -0.15) is 4.98 Å². The van der Waals surface area contributed by atoms with E-state index in [1.807, 2.05) is 30.3 Å². The van der Waals surface area contributed by atoms with Gasteiger partial charge in [0, 0.05) is 11.6 Å². The first-order valence-corrected chi connectivity index (χ1v) is 7.23. The Kier molecular flexibility index (Phi) is 3.38. The number of rotatable bonds is 3. The Balaban J connectivity index is 1.68. The van der Waals surface area contributed by atoms with E-state index in [1.165, 1.54) is 29.1 Å². The van der Waals surface area contributed by atoms with Gasteiger partial charge in [-0.15, -0.1) is 0 Å². The molecule has 0 aliphatic rings. The van der Waals surface area contributed by atoms with Crippen molar-refractivity contribution in [2.75, 3.05) is 0 Å². The Labute approximate surface area is 135 Å². The molecule has 24 heavy (non-hydrogen) atoms. The predicted octanol–water partition coefficient (Wildman–Crippen LogP) is 2.63. The quantitative estimate of drug-likeness (QED) is 0.580. The second-order valence-electron chi connectivity index (χ2n) is 5.22. The molecule has 2 aromatic carbocycles. The van der Waals surface area contributed by atoms with E-state index in [-0.39, 0.29) is 12.1 Å². The van der Waals surface area contributed by atoms with E-state index < -0.39 is 5.82 Å². The van der Waals surface area contributed by atoms with Gasteiger partial charge in [-0.1, -0.05) is 23.4 Å². The molecular weight excluding hydrogens is 311 g/mol. The highest BCUT2D eigenvalue weighted by Gasteiger charge is 2.11. The number of nitrogens with zero attached hydrogens (tertiary/aromatic N) is 4. The second kappa shape index (κ2) is 5.69. The first kappa shape index (κ1) is 14.3. The van der Waals surface area contributed by atoms with Gasteiger partial charge in [0.15, 0.2) is 5.82 Å². The first-order valence-electron chi connectivity index (χ1n) is 7.23. The second-order valence-corrected chi connectivity index (χ2v) is 5.22. The molecule has 0 aliphatic heterocycles. The molecule has 0 unspecified atom stereocenters. The maximum absolute atomic E-state index is 13.2. The molecule has 2 heterocycles. The van der Waals surface area contributed by atoms with Crippen LogP contribution in [0.4, 0.5) is 4.39 Å². The van der Waals surface area contributed by atoms with Gasteiger partial charge in [0.25, 0.3) is 11.4 Å². The van der Waals surface area contributed by atoms with E-state index in [0.717, 1.165) is 5.56 Å². The molecule has 118 valence electrons. The van der Waals surface area contributed by atoms with Gasteiger partial charge in [0.1, 0.15) is 5.82 Å². The van der Waals surface area contributed by atoms with Crippen molar-refractivity contribution in [2.45, 2.75) is 6.54 Å². The third kappa shape index (κ3) is 2.56. The molecule has 4 rings (SSSR count). The molecule has 2 aromatic heterocycles. The number of fused-ring (bicyclic) bond motifs is 1. The number of aromatic nitrogens is 4. The molecule has 0 amide bonds. The maximum Gasteiger partial charge on any atom is 0.261 e. The van der Waals surface area contributed by atoms with Gasteiger partial charge < -0.3 is 4.52 Å². The molecule has 0 N–H and O–H groups in total. The maximum atomic E-state index is 13.2. The summed E-state index contributed by atoms with van der Waals surface area (Å²) < 4.78 is 19.8. The van der Waals surface area contributed by atoms with Crippen molar-refractivity contribution in [3.63, 3.8) is 0 Å². The molecule has 0 saturated carbocycles. The van der Waals surface area contributed by atoms with Crippen LogP contribution in [0.2, 0.25) is 0 Å². The molecule has 0 aliphatic carbocycles. The van der Waals surface area contributed by atoms with Crippen LogP contribution in [0, 0.1) is 5.82 Å². The largest absolute Gasteiger partial charge is 0.334 e. The average Bonchev–Trinajstić information content (AvgIpc) is 3.07. The summed E-state index contributed by atoms with van der Waals surface area (Å²) in [5.41, 5.74) is 0.830. The van der Waals surface area contributed by atoms with Crippen LogP contribution in [0.15, 0.2) is 64.2 Å². The third-order valence-electron chi connectivity index (χ3n) is 3.59. The summed E-state index contributed by atoms with van der Waals surface area (Å²) in [5.74, 6) is 0.312. The van der Waals surface area contributed by atoms with Crippen LogP contribution in [-0.4, -0.2) is 19.7 Å². The molecule has 6 nitrogen and oxygen atoms in total. The van der Waals surface area contributed by atoms with Crippen molar-refractivity contribution < 1.29 is 8.91 Å². The van der Waals surface area contributed by atoms with Crippen LogP contribution in [0.25, 0.3) is 22.4 Å². The van der Waals surface area contributed by atoms with Crippen LogP contribution in [-0.2, 0) is 6.54 Å². The highest BCUT2D eigenvalue weighted by Crippen LogP contribution is 2.16. The Morgan fingerprint density at radius 2 is 1.96 bits per heavy atom. The average molecular weight is 322 g/mol. The molecule has 0 atom stereocenters. The molecular formula is C17H11FN4O2. The number of halogens is 1. The van der Waals surface area contributed by atoms with Crippen molar-refractivity contribution in [3.8, 4) is 11.5 Å². The summed E-state index contributed by atoms with van der Waals surface area (Å²) in [5, 5.41) is 4.23. The van der Waals surface area contributed by atoms with E-state index in [9.17, 15) is 9.18 Å². The smallest absolute Gasteiger partial charge is 0.261 e. The summed E-state index contributed by atoms with van der Waals surface area (Å²) in [6, 6.07) is 13.2. The standard InChI is InChI=1S/C17H11FN4O2/c18-12-6-7-13-14(8-12)19-10-22(17(13)23)9-15-20-16(24-21-15)11-4-2-1-3-5-11/h1-8,10H,9H2. The van der Waals surface area contributed by atoms with Crippen LogP contribution in [0.3, 0.4) is 0 Å². The van der Waals surface area contributed by atoms with Gasteiger partial charge in [0.05, 0.1) is 23.8 Å². The van der Waals surface area contributed by atoms with Gasteiger partial charge in [-0.3, -0.25) is 9.36 Å². The number of hydrogen-bond donors (Lipinski definition) is 0. The minimum atomic E-state index is -0.433. The van der Waals surface area contributed by atoms with Gasteiger partial charge in [-0.25, -0.2) is 9.37 Å². The topological polar surface area (TPSA) is 73.8 Å². The zero-order valence-corrected chi connectivity index (χ0v) is 12.4. The lowest BCUT2D eigenvalue weighted by Gasteiger charge is -2.03. The summed E-state index contributed by atoms with van der Waals surface area (Å²) in [7, 11) is 0. The Morgan fingerprint density at radius 1 is 1.12 bits per heavy atom. The Bertz CT molecular complexity index is 1070. The monoisotopic (exact) mass is 322 g/mol. The third-order valence-corrected chi connectivity index (χ3v) is 3.59. The zero-order chi connectivity index (χ0) is 16.5. The Hall–Kier alpha value is -3.35. The van der Waals surface area contributed by atoms with E-state index in [4.69, 9.17) is 4.52 Å². The van der Waals surface area contributed by atoms with Crippen molar-refractivity contribution >= 4 is 10.9 Å². The SMILES string of the molecule is O=c1c2ccc(F)cc2ncn1Cc1noc(-c2ccccc2)n1. The summed E-state index contributed by atoms with van der Waals surface area (Å²) in [6.45, 7) is 0.121. The van der Waals surface area contributed by atoms with E-state index in [1.54, 1.807) is 0 Å². The fourth-order valence-corrected chi connectivity index (χ4v) is 2.41. The molecule has 0 bridgehead atoms. The molecule has 0 saturated heterocycles. The highest BCUT2D eigenvalue weighted by atomic mass is 19.1. The zero-order valence-electron chi connectivity index (χ0n) is 12.4. The molecule has 0 radical (unpaired) electrons. The fraction of sp³-hybridized carbons (Fsp3) is 0.0588. The molecule has 4 aromatic rings. The van der Waals surface area contributed by atoms with Crippen molar-refractivity contribution in [2.24, 2.45) is 0 Å². The lowest BCUT2D eigenvalue weighted by Crippen LogP contribution is -2.21. The summed E-state index contributed by atoms with van der Waals surface area (Å²) >= 11 is 0. The lowest BCUT2D eigenvalue weighted by molar-refractivity contribution is 0.420. The van der Waals surface area contributed by atoms with Gasteiger partial charge >= 0.3 is 0 Å². The van der Waals surface area contributed by atoms with E-state index in [2.05, 4.69) is 15.1 Å². The number of benzene rings is 2. The van der Waals surface area contributed by atoms with E-state index >= 15 is 0 Å². The molecule has 0 spiro atoms. The molecule has 7 heteroatoms. The first-order chi connectivity index (χ1) is 11.7. The van der Waals surface area contributed by atoms with Crippen molar-refractivity contribution in [3.05, 3.63) is 76.9 Å². The highest BCUT2D eigenvalue weighted by molar-refractivity contribution is 5.77. The van der Waals surface area contributed by atoms with Crippen molar-refractivity contribution in [1.29, 1.82) is 0 Å². The lowest BCUT2D eigenvalue weighted by atomic mass is 10.2.